The van der Waals surface area contributed by atoms with Gasteiger partial charge in [0.15, 0.2) is 5.78 Å². The summed E-state index contributed by atoms with van der Waals surface area (Å²) < 4.78 is 5.78. The van der Waals surface area contributed by atoms with Crippen molar-refractivity contribution in [2.75, 3.05) is 13.1 Å². The van der Waals surface area contributed by atoms with Gasteiger partial charge in [0.05, 0.1) is 11.6 Å². The van der Waals surface area contributed by atoms with Crippen LogP contribution in [0.1, 0.15) is 50.9 Å². The molecule has 0 atom stereocenters. The summed E-state index contributed by atoms with van der Waals surface area (Å²) in [7, 11) is 0. The molecule has 0 aliphatic heterocycles. The number of carbonyl (C=O) groups is 1. The lowest BCUT2D eigenvalue weighted by atomic mass is 9.91. The van der Waals surface area contributed by atoms with Gasteiger partial charge in [-0.2, -0.15) is 0 Å². The average molecular weight is 275 g/mol. The van der Waals surface area contributed by atoms with Gasteiger partial charge in [-0.3, -0.25) is 9.69 Å². The second-order valence-electron chi connectivity index (χ2n) is 5.91. The molecule has 1 saturated carbocycles. The summed E-state index contributed by atoms with van der Waals surface area (Å²) in [4.78, 5) is 15.0. The lowest BCUT2D eigenvalue weighted by molar-refractivity contribution is 0.0668. The summed E-state index contributed by atoms with van der Waals surface area (Å²) in [5.41, 5.74) is 0.252. The van der Waals surface area contributed by atoms with E-state index in [1.54, 1.807) is 0 Å². The van der Waals surface area contributed by atoms with E-state index in [0.29, 0.717) is 6.10 Å². The van der Waals surface area contributed by atoms with Crippen LogP contribution in [0, 0.1) is 0 Å². The Morgan fingerprint density at radius 3 is 2.50 bits per heavy atom. The average Bonchev–Trinajstić information content (AvgIpc) is 3.23. The minimum absolute atomic E-state index is 0.155. The van der Waals surface area contributed by atoms with Gasteiger partial charge < -0.3 is 4.74 Å². The Hall–Kier alpha value is -1.35. The molecule has 1 aliphatic rings. The highest BCUT2D eigenvalue weighted by Crippen LogP contribution is 2.28. The van der Waals surface area contributed by atoms with Crippen LogP contribution in [-0.2, 0) is 0 Å². The van der Waals surface area contributed by atoms with Crippen molar-refractivity contribution in [1.29, 1.82) is 0 Å². The van der Waals surface area contributed by atoms with Gasteiger partial charge in [-0.15, -0.1) is 0 Å². The number of ketones is 1. The van der Waals surface area contributed by atoms with E-state index in [1.165, 1.54) is 0 Å². The number of likely N-dealkylation sites (N-methyl/N-ethyl adjacent to an activating group) is 1. The third kappa shape index (κ3) is 3.21. The molecule has 1 aliphatic carbocycles. The molecule has 110 valence electrons. The van der Waals surface area contributed by atoms with Gasteiger partial charge >= 0.3 is 0 Å². The molecule has 1 aromatic carbocycles. The van der Waals surface area contributed by atoms with Gasteiger partial charge in [0, 0.05) is 5.56 Å². The van der Waals surface area contributed by atoms with Crippen LogP contribution in [0.5, 0.6) is 5.75 Å². The van der Waals surface area contributed by atoms with Gasteiger partial charge in [-0.1, -0.05) is 26.0 Å². The second kappa shape index (κ2) is 5.96. The first-order chi connectivity index (χ1) is 9.48. The molecule has 1 fully saturated rings. The number of hydrogen-bond acceptors (Lipinski definition) is 3. The first kappa shape index (κ1) is 15.0. The van der Waals surface area contributed by atoms with Crippen molar-refractivity contribution < 1.29 is 9.53 Å². The number of rotatable bonds is 7. The van der Waals surface area contributed by atoms with Crippen molar-refractivity contribution in [3.63, 3.8) is 0 Å². The number of ether oxygens (including phenoxy) is 1. The zero-order chi connectivity index (χ0) is 14.8. The maximum absolute atomic E-state index is 12.8. The summed E-state index contributed by atoms with van der Waals surface area (Å²) in [5.74, 6) is 0.969. The van der Waals surface area contributed by atoms with E-state index in [4.69, 9.17) is 4.74 Å². The van der Waals surface area contributed by atoms with Crippen LogP contribution in [-0.4, -0.2) is 35.4 Å². The van der Waals surface area contributed by atoms with Crippen molar-refractivity contribution in [1.82, 2.24) is 4.90 Å². The zero-order valence-corrected chi connectivity index (χ0v) is 13.0. The van der Waals surface area contributed by atoms with Crippen LogP contribution in [0.4, 0.5) is 0 Å². The number of carbonyl (C=O) groups excluding carboxylic acids is 1. The Morgan fingerprint density at radius 1 is 1.30 bits per heavy atom. The van der Waals surface area contributed by atoms with Gasteiger partial charge in [0.2, 0.25) is 0 Å². The van der Waals surface area contributed by atoms with E-state index in [2.05, 4.69) is 18.7 Å². The highest BCUT2D eigenvalue weighted by atomic mass is 16.5. The second-order valence-corrected chi connectivity index (χ2v) is 5.91. The molecular weight excluding hydrogens is 250 g/mol. The molecule has 3 heteroatoms. The molecule has 0 N–H and O–H groups in total. The van der Waals surface area contributed by atoms with Crippen LogP contribution in [0.2, 0.25) is 0 Å². The SMILES string of the molecule is CCN(CC)C(C)(C)C(=O)c1cccc(OC2CC2)c1. The molecule has 0 unspecified atom stereocenters. The Kier molecular flexibility index (Phi) is 4.48. The third-order valence-corrected chi connectivity index (χ3v) is 4.03. The number of Topliss-reactive ketones (excluding diaryl/α,β-unsaturated/α-hetero) is 1. The summed E-state index contributed by atoms with van der Waals surface area (Å²) in [6.07, 6.45) is 2.61. The maximum atomic E-state index is 12.8. The lowest BCUT2D eigenvalue weighted by Gasteiger charge is -2.35. The molecular formula is C17H25NO2. The molecule has 20 heavy (non-hydrogen) atoms. The first-order valence-electron chi connectivity index (χ1n) is 7.55. The predicted molar refractivity (Wildman–Crippen MR) is 81.4 cm³/mol. The fraction of sp³-hybridized carbons (Fsp3) is 0.588. The van der Waals surface area contributed by atoms with Crippen LogP contribution in [0.15, 0.2) is 24.3 Å². The monoisotopic (exact) mass is 275 g/mol. The molecule has 1 aromatic rings. The fourth-order valence-corrected chi connectivity index (χ4v) is 2.60. The van der Waals surface area contributed by atoms with Crippen LogP contribution >= 0.6 is 0 Å². The van der Waals surface area contributed by atoms with Crippen LogP contribution in [0.25, 0.3) is 0 Å². The van der Waals surface area contributed by atoms with E-state index in [-0.39, 0.29) is 5.78 Å². The summed E-state index contributed by atoms with van der Waals surface area (Å²) >= 11 is 0. The molecule has 2 rings (SSSR count). The largest absolute Gasteiger partial charge is 0.490 e. The Balaban J connectivity index is 2.18. The smallest absolute Gasteiger partial charge is 0.182 e. The molecule has 0 aromatic heterocycles. The Morgan fingerprint density at radius 2 is 1.95 bits per heavy atom. The number of benzene rings is 1. The summed E-state index contributed by atoms with van der Waals surface area (Å²) in [5, 5.41) is 0. The van der Waals surface area contributed by atoms with Crippen molar-refractivity contribution in [2.24, 2.45) is 0 Å². The summed E-state index contributed by atoms with van der Waals surface area (Å²) in [6.45, 7) is 9.91. The summed E-state index contributed by atoms with van der Waals surface area (Å²) in [6, 6.07) is 7.60. The van der Waals surface area contributed by atoms with E-state index in [1.807, 2.05) is 38.1 Å². The van der Waals surface area contributed by atoms with Crippen LogP contribution in [0.3, 0.4) is 0 Å². The highest BCUT2D eigenvalue weighted by Gasteiger charge is 2.33. The van der Waals surface area contributed by atoms with E-state index in [0.717, 1.165) is 37.2 Å². The minimum Gasteiger partial charge on any atom is -0.490 e. The molecule has 0 radical (unpaired) electrons. The van der Waals surface area contributed by atoms with Gasteiger partial charge in [0.25, 0.3) is 0 Å². The van der Waals surface area contributed by atoms with Gasteiger partial charge in [-0.25, -0.2) is 0 Å². The standard InChI is InChI=1S/C17H25NO2/c1-5-18(6-2)17(3,4)16(19)13-8-7-9-15(12-13)20-14-10-11-14/h7-9,12,14H,5-6,10-11H2,1-4H3. The number of hydrogen-bond donors (Lipinski definition) is 0. The minimum atomic E-state index is -0.484. The predicted octanol–water partition coefficient (Wildman–Crippen LogP) is 3.53. The van der Waals surface area contributed by atoms with Crippen molar-refractivity contribution in [2.45, 2.75) is 52.2 Å². The van der Waals surface area contributed by atoms with Crippen molar-refractivity contribution in [3.8, 4) is 5.75 Å². The van der Waals surface area contributed by atoms with Gasteiger partial charge in [-0.05, 0) is 51.9 Å². The quantitative estimate of drug-likeness (QED) is 0.713. The Labute approximate surface area is 121 Å². The van der Waals surface area contributed by atoms with Crippen molar-refractivity contribution >= 4 is 5.78 Å². The topological polar surface area (TPSA) is 29.5 Å². The molecule has 0 saturated heterocycles. The third-order valence-electron chi connectivity index (χ3n) is 4.03. The normalized spacial score (nSPS) is 15.4. The molecule has 0 spiro atoms. The van der Waals surface area contributed by atoms with Gasteiger partial charge in [0.1, 0.15) is 5.75 Å². The maximum Gasteiger partial charge on any atom is 0.182 e. The lowest BCUT2D eigenvalue weighted by Crippen LogP contribution is -2.49. The van der Waals surface area contributed by atoms with Crippen LogP contribution < -0.4 is 4.74 Å². The molecule has 3 nitrogen and oxygen atoms in total. The fourth-order valence-electron chi connectivity index (χ4n) is 2.60. The highest BCUT2D eigenvalue weighted by molar-refractivity contribution is 6.03. The molecule has 0 heterocycles. The molecule has 0 amide bonds. The van der Waals surface area contributed by atoms with E-state index in [9.17, 15) is 4.79 Å². The van der Waals surface area contributed by atoms with Crippen molar-refractivity contribution in [3.05, 3.63) is 29.8 Å². The number of nitrogens with zero attached hydrogens (tertiary/aromatic N) is 1. The Bertz CT molecular complexity index is 474. The van der Waals surface area contributed by atoms with E-state index >= 15 is 0 Å². The van der Waals surface area contributed by atoms with E-state index < -0.39 is 5.54 Å². The molecule has 0 bridgehead atoms. The zero-order valence-electron chi connectivity index (χ0n) is 13.0. The first-order valence-corrected chi connectivity index (χ1v) is 7.55.